The number of ether oxygens (including phenoxy) is 4. The van der Waals surface area contributed by atoms with Gasteiger partial charge in [0.15, 0.2) is 0 Å². The lowest BCUT2D eigenvalue weighted by molar-refractivity contribution is 0.0261. The Morgan fingerprint density at radius 3 is 1.19 bits per heavy atom. The van der Waals surface area contributed by atoms with E-state index in [9.17, 15) is 0 Å². The number of rotatable bonds is 24. The summed E-state index contributed by atoms with van der Waals surface area (Å²) in [4.78, 5) is 0. The van der Waals surface area contributed by atoms with Crippen molar-refractivity contribution in [2.45, 2.75) is 39.1 Å². The van der Waals surface area contributed by atoms with Crippen LogP contribution in [0.3, 0.4) is 0 Å². The zero-order valence-electron chi connectivity index (χ0n) is 31.8. The topological polar surface area (TPSA) is 36.9 Å². The second kappa shape index (κ2) is 22.4. The molecule has 0 radical (unpaired) electrons. The summed E-state index contributed by atoms with van der Waals surface area (Å²) < 4.78 is 25.1. The minimum Gasteiger partial charge on any atom is -0.380 e. The fourth-order valence-corrected chi connectivity index (χ4v) is 6.43. The van der Waals surface area contributed by atoms with Crippen LogP contribution in [0.15, 0.2) is 153 Å². The van der Waals surface area contributed by atoms with E-state index >= 15 is 0 Å². The first kappa shape index (κ1) is 40.3. The van der Waals surface area contributed by atoms with Crippen LogP contribution in [0.1, 0.15) is 50.9 Å². The van der Waals surface area contributed by atoms with E-state index in [1.54, 1.807) is 0 Å². The normalized spacial score (nSPS) is 14.4. The molecule has 54 heavy (non-hydrogen) atoms. The zero-order chi connectivity index (χ0) is 37.8. The Labute approximate surface area is 323 Å². The minimum atomic E-state index is 0.206. The van der Waals surface area contributed by atoms with Crippen molar-refractivity contribution in [3.63, 3.8) is 0 Å². The maximum absolute atomic E-state index is 6.31. The van der Waals surface area contributed by atoms with E-state index in [0.717, 1.165) is 52.6 Å². The predicted octanol–water partition coefficient (Wildman–Crippen LogP) is 11.3. The first-order valence-corrected chi connectivity index (χ1v) is 19.1. The molecule has 0 aromatic heterocycles. The van der Waals surface area contributed by atoms with Crippen LogP contribution in [-0.4, -0.2) is 33.0 Å². The third kappa shape index (κ3) is 13.9. The Hall–Kier alpha value is -4.84. The van der Waals surface area contributed by atoms with E-state index in [-0.39, 0.29) is 11.8 Å². The van der Waals surface area contributed by atoms with Crippen molar-refractivity contribution in [2.75, 3.05) is 33.0 Å². The van der Waals surface area contributed by atoms with Crippen LogP contribution in [0, 0.1) is 17.8 Å². The molecule has 2 unspecified atom stereocenters. The number of hydrogen-bond donors (Lipinski definition) is 0. The summed E-state index contributed by atoms with van der Waals surface area (Å²) in [6, 6.07) is 34.0. The summed E-state index contributed by atoms with van der Waals surface area (Å²) in [7, 11) is 0. The number of hydrogen-bond acceptors (Lipinski definition) is 4. The van der Waals surface area contributed by atoms with Gasteiger partial charge in [-0.2, -0.15) is 0 Å². The Bertz CT molecular complexity index is 1740. The highest BCUT2D eigenvalue weighted by atomic mass is 16.5. The molecule has 0 saturated carbocycles. The van der Waals surface area contributed by atoms with Gasteiger partial charge in [0.25, 0.3) is 0 Å². The summed E-state index contributed by atoms with van der Waals surface area (Å²) in [5.74, 6) is 0.817. The summed E-state index contributed by atoms with van der Waals surface area (Å²) in [6.07, 6.45) is 16.8. The molecule has 0 saturated heterocycles. The van der Waals surface area contributed by atoms with E-state index < -0.39 is 0 Å². The highest BCUT2D eigenvalue weighted by Crippen LogP contribution is 2.20. The molecular formula is C50H56O4. The molecule has 280 valence electrons. The Morgan fingerprint density at radius 2 is 0.852 bits per heavy atom. The molecule has 4 aromatic carbocycles. The van der Waals surface area contributed by atoms with Crippen molar-refractivity contribution >= 4 is 18.2 Å². The maximum atomic E-state index is 6.31. The second-order valence-electron chi connectivity index (χ2n) is 14.1. The van der Waals surface area contributed by atoms with Gasteiger partial charge in [0, 0.05) is 17.8 Å². The van der Waals surface area contributed by atoms with E-state index in [1.807, 2.05) is 24.3 Å². The molecule has 2 atom stereocenters. The van der Waals surface area contributed by atoms with Gasteiger partial charge in [-0.3, -0.25) is 0 Å². The van der Waals surface area contributed by atoms with E-state index in [4.69, 9.17) is 18.9 Å². The first-order valence-electron chi connectivity index (χ1n) is 19.1. The SMILES string of the molecule is C=CC1=CCC(COCC(COCc2ccc(C=C)cc2)Cc2ccc(CC(COCc3ccc(C=C)cc3)COCc3ccc(C=C)cc3)cc2)C=C1. The molecule has 0 aliphatic heterocycles. The van der Waals surface area contributed by atoms with Gasteiger partial charge in [-0.1, -0.05) is 166 Å². The fraction of sp³-hybridized carbons (Fsp3) is 0.280. The van der Waals surface area contributed by atoms with E-state index in [0.29, 0.717) is 58.8 Å². The van der Waals surface area contributed by atoms with E-state index in [1.165, 1.54) is 16.7 Å². The van der Waals surface area contributed by atoms with Crippen LogP contribution in [0.5, 0.6) is 0 Å². The lowest BCUT2D eigenvalue weighted by atomic mass is 9.96. The largest absolute Gasteiger partial charge is 0.380 e. The second-order valence-corrected chi connectivity index (χ2v) is 14.1. The molecule has 0 spiro atoms. The Kier molecular flexibility index (Phi) is 16.7. The average molecular weight is 721 g/mol. The predicted molar refractivity (Wildman–Crippen MR) is 226 cm³/mol. The van der Waals surface area contributed by atoms with Gasteiger partial charge < -0.3 is 18.9 Å². The monoisotopic (exact) mass is 720 g/mol. The van der Waals surface area contributed by atoms with Crippen molar-refractivity contribution in [2.24, 2.45) is 17.8 Å². The highest BCUT2D eigenvalue weighted by molar-refractivity contribution is 5.48. The molecule has 0 bridgehead atoms. The van der Waals surface area contributed by atoms with Crippen LogP contribution in [0.4, 0.5) is 0 Å². The molecule has 4 aromatic rings. The molecule has 0 fully saturated rings. The van der Waals surface area contributed by atoms with Gasteiger partial charge in [-0.25, -0.2) is 0 Å². The Morgan fingerprint density at radius 1 is 0.481 bits per heavy atom. The minimum absolute atomic E-state index is 0.206. The molecule has 1 aliphatic rings. The van der Waals surface area contributed by atoms with Crippen LogP contribution in [0.25, 0.3) is 18.2 Å². The van der Waals surface area contributed by atoms with Crippen LogP contribution >= 0.6 is 0 Å². The Balaban J connectivity index is 1.17. The van der Waals surface area contributed by atoms with Crippen molar-refractivity contribution in [1.29, 1.82) is 0 Å². The standard InChI is InChI=1S/C50H56O4/c1-5-39-9-21-45(22-10-39)31-51-35-49(36-52-32-46-23-11-40(6-2)12-24-46)29-43-17-19-44(20-18-43)30-50(37-53-33-47-25-13-41(7-3)14-26-47)38-54-34-48-27-15-42(8-4)16-28-48/h5-27,48-50H,1-4,28-38H2. The average Bonchev–Trinajstić information content (AvgIpc) is 3.22. The van der Waals surface area contributed by atoms with Crippen molar-refractivity contribution in [3.8, 4) is 0 Å². The first-order chi connectivity index (χ1) is 26.5. The molecule has 0 amide bonds. The van der Waals surface area contributed by atoms with Gasteiger partial charge in [0.1, 0.15) is 0 Å². The molecule has 0 N–H and O–H groups in total. The van der Waals surface area contributed by atoms with Crippen LogP contribution in [0.2, 0.25) is 0 Å². The third-order valence-electron chi connectivity index (χ3n) is 9.72. The number of benzene rings is 4. The van der Waals surface area contributed by atoms with E-state index in [2.05, 4.69) is 142 Å². The quantitative estimate of drug-likeness (QED) is 0.0722. The van der Waals surface area contributed by atoms with Crippen LogP contribution < -0.4 is 0 Å². The molecule has 4 nitrogen and oxygen atoms in total. The summed E-state index contributed by atoms with van der Waals surface area (Å²) in [5.41, 5.74) is 10.5. The van der Waals surface area contributed by atoms with Gasteiger partial charge in [-0.05, 0) is 69.3 Å². The summed E-state index contributed by atoms with van der Waals surface area (Å²) in [6.45, 7) is 20.3. The van der Waals surface area contributed by atoms with Crippen molar-refractivity contribution in [3.05, 3.63) is 198 Å². The summed E-state index contributed by atoms with van der Waals surface area (Å²) in [5, 5.41) is 0. The molecule has 0 heterocycles. The highest BCUT2D eigenvalue weighted by Gasteiger charge is 2.16. The van der Waals surface area contributed by atoms with Crippen molar-refractivity contribution < 1.29 is 18.9 Å². The van der Waals surface area contributed by atoms with Gasteiger partial charge >= 0.3 is 0 Å². The van der Waals surface area contributed by atoms with Gasteiger partial charge in [-0.15, -0.1) is 0 Å². The lowest BCUT2D eigenvalue weighted by Crippen LogP contribution is -2.21. The smallest absolute Gasteiger partial charge is 0.0717 e. The molecule has 1 aliphatic carbocycles. The fourth-order valence-electron chi connectivity index (χ4n) is 6.43. The third-order valence-corrected chi connectivity index (χ3v) is 9.72. The molecular weight excluding hydrogens is 665 g/mol. The van der Waals surface area contributed by atoms with Crippen LogP contribution in [-0.2, 0) is 51.6 Å². The summed E-state index contributed by atoms with van der Waals surface area (Å²) >= 11 is 0. The lowest BCUT2D eigenvalue weighted by Gasteiger charge is -2.21. The van der Waals surface area contributed by atoms with Gasteiger partial charge in [0.05, 0.1) is 52.9 Å². The molecule has 5 rings (SSSR count). The number of allylic oxidation sites excluding steroid dienone is 4. The van der Waals surface area contributed by atoms with Gasteiger partial charge in [0.2, 0.25) is 0 Å². The molecule has 4 heteroatoms. The maximum Gasteiger partial charge on any atom is 0.0717 e. The zero-order valence-corrected chi connectivity index (χ0v) is 31.8. The van der Waals surface area contributed by atoms with Crippen molar-refractivity contribution in [1.82, 2.24) is 0 Å².